The Morgan fingerprint density at radius 1 is 1.29 bits per heavy atom. The Morgan fingerprint density at radius 2 is 1.86 bits per heavy atom. The quantitative estimate of drug-likeness (QED) is 0.653. The third-order valence-electron chi connectivity index (χ3n) is 2.23. The van der Waals surface area contributed by atoms with Crippen LogP contribution in [0.15, 0.2) is 0 Å². The van der Waals surface area contributed by atoms with Crippen LogP contribution < -0.4 is 0 Å². The Hall–Kier alpha value is -0.410. The molecule has 0 N–H and O–H groups in total. The Labute approximate surface area is 87.4 Å². The van der Waals surface area contributed by atoms with Crippen molar-refractivity contribution in [1.29, 1.82) is 0 Å². The number of carbonyl (C=O) groups is 1. The molecule has 0 radical (unpaired) electrons. The SMILES string of the molecule is COCCN(C)CCC(=O)C(C)(C)C. The minimum atomic E-state index is -0.206. The van der Waals surface area contributed by atoms with Crippen LogP contribution in [0.1, 0.15) is 27.2 Å². The van der Waals surface area contributed by atoms with Crippen molar-refractivity contribution >= 4 is 5.78 Å². The van der Waals surface area contributed by atoms with E-state index in [0.717, 1.165) is 19.7 Å². The average molecular weight is 201 g/mol. The summed E-state index contributed by atoms with van der Waals surface area (Å²) in [6.07, 6.45) is 0.629. The second-order valence-corrected chi connectivity index (χ2v) is 4.72. The van der Waals surface area contributed by atoms with Crippen molar-refractivity contribution < 1.29 is 9.53 Å². The maximum atomic E-state index is 11.6. The summed E-state index contributed by atoms with van der Waals surface area (Å²) in [5, 5.41) is 0. The van der Waals surface area contributed by atoms with Gasteiger partial charge in [-0.3, -0.25) is 4.79 Å². The van der Waals surface area contributed by atoms with Crippen molar-refractivity contribution in [3.05, 3.63) is 0 Å². The lowest BCUT2D eigenvalue weighted by Gasteiger charge is -2.20. The van der Waals surface area contributed by atoms with Crippen LogP contribution in [0.5, 0.6) is 0 Å². The summed E-state index contributed by atoms with van der Waals surface area (Å²) in [5.41, 5.74) is -0.206. The van der Waals surface area contributed by atoms with Crippen LogP contribution in [0, 0.1) is 5.41 Å². The molecule has 0 saturated carbocycles. The summed E-state index contributed by atoms with van der Waals surface area (Å²) in [7, 11) is 3.70. The van der Waals surface area contributed by atoms with E-state index in [4.69, 9.17) is 4.74 Å². The number of Topliss-reactive ketones (excluding diaryl/α,β-unsaturated/α-hetero) is 1. The minimum absolute atomic E-state index is 0.206. The van der Waals surface area contributed by atoms with Crippen LogP contribution in [-0.4, -0.2) is 44.5 Å². The number of carbonyl (C=O) groups excluding carboxylic acids is 1. The van der Waals surface area contributed by atoms with E-state index in [9.17, 15) is 4.79 Å². The maximum Gasteiger partial charge on any atom is 0.139 e. The first-order valence-electron chi connectivity index (χ1n) is 5.08. The second kappa shape index (κ2) is 6.14. The van der Waals surface area contributed by atoms with Gasteiger partial charge in [0.2, 0.25) is 0 Å². The number of ether oxygens (including phenoxy) is 1. The normalized spacial score (nSPS) is 12.1. The highest BCUT2D eigenvalue weighted by Gasteiger charge is 2.20. The van der Waals surface area contributed by atoms with Gasteiger partial charge in [-0.2, -0.15) is 0 Å². The van der Waals surface area contributed by atoms with Gasteiger partial charge >= 0.3 is 0 Å². The van der Waals surface area contributed by atoms with E-state index in [2.05, 4.69) is 4.90 Å². The van der Waals surface area contributed by atoms with Crippen molar-refractivity contribution in [1.82, 2.24) is 4.90 Å². The smallest absolute Gasteiger partial charge is 0.139 e. The molecular weight excluding hydrogens is 178 g/mol. The Bertz CT molecular complexity index is 173. The largest absolute Gasteiger partial charge is 0.383 e. The molecule has 0 aliphatic heterocycles. The van der Waals surface area contributed by atoms with Crippen molar-refractivity contribution in [2.75, 3.05) is 33.9 Å². The summed E-state index contributed by atoms with van der Waals surface area (Å²) < 4.78 is 4.96. The molecular formula is C11H23NO2. The number of hydrogen-bond acceptors (Lipinski definition) is 3. The molecule has 0 atom stereocenters. The fraction of sp³-hybridized carbons (Fsp3) is 0.909. The molecule has 0 bridgehead atoms. The fourth-order valence-corrected chi connectivity index (χ4v) is 1.03. The molecule has 0 aliphatic rings. The number of methoxy groups -OCH3 is 1. The van der Waals surface area contributed by atoms with Gasteiger partial charge < -0.3 is 9.64 Å². The molecule has 0 aliphatic carbocycles. The fourth-order valence-electron chi connectivity index (χ4n) is 1.03. The highest BCUT2D eigenvalue weighted by Crippen LogP contribution is 2.16. The van der Waals surface area contributed by atoms with Crippen molar-refractivity contribution in [2.24, 2.45) is 5.41 Å². The van der Waals surface area contributed by atoms with E-state index in [1.807, 2.05) is 27.8 Å². The van der Waals surface area contributed by atoms with Gasteiger partial charge in [0.1, 0.15) is 5.78 Å². The van der Waals surface area contributed by atoms with Crippen LogP contribution in [0.4, 0.5) is 0 Å². The lowest BCUT2D eigenvalue weighted by molar-refractivity contribution is -0.126. The average Bonchev–Trinajstić information content (AvgIpc) is 2.09. The molecule has 0 spiro atoms. The highest BCUT2D eigenvalue weighted by molar-refractivity contribution is 5.83. The third kappa shape index (κ3) is 6.11. The lowest BCUT2D eigenvalue weighted by atomic mass is 9.89. The number of nitrogens with zero attached hydrogens (tertiary/aromatic N) is 1. The van der Waals surface area contributed by atoms with Crippen LogP contribution in [0.3, 0.4) is 0 Å². The molecule has 0 aromatic heterocycles. The zero-order valence-corrected chi connectivity index (χ0v) is 10.1. The molecule has 0 rings (SSSR count). The van der Waals surface area contributed by atoms with E-state index >= 15 is 0 Å². The predicted octanol–water partition coefficient (Wildman–Crippen LogP) is 1.57. The topological polar surface area (TPSA) is 29.5 Å². The summed E-state index contributed by atoms with van der Waals surface area (Å²) in [5.74, 6) is 0.321. The van der Waals surface area contributed by atoms with Gasteiger partial charge in [0.25, 0.3) is 0 Å². The molecule has 84 valence electrons. The molecule has 0 amide bonds. The number of hydrogen-bond donors (Lipinski definition) is 0. The molecule has 0 fully saturated rings. The highest BCUT2D eigenvalue weighted by atomic mass is 16.5. The Kier molecular flexibility index (Phi) is 5.96. The number of ketones is 1. The van der Waals surface area contributed by atoms with Crippen molar-refractivity contribution in [2.45, 2.75) is 27.2 Å². The molecule has 0 aromatic carbocycles. The number of likely N-dealkylation sites (N-methyl/N-ethyl adjacent to an activating group) is 1. The third-order valence-corrected chi connectivity index (χ3v) is 2.23. The zero-order chi connectivity index (χ0) is 11.2. The maximum absolute atomic E-state index is 11.6. The number of rotatable bonds is 6. The summed E-state index contributed by atoms with van der Waals surface area (Å²) >= 11 is 0. The molecule has 14 heavy (non-hydrogen) atoms. The summed E-state index contributed by atoms with van der Waals surface area (Å²) in [4.78, 5) is 13.7. The Balaban J connectivity index is 3.67. The molecule has 3 nitrogen and oxygen atoms in total. The summed E-state index contributed by atoms with van der Waals surface area (Å²) in [6, 6.07) is 0. The lowest BCUT2D eigenvalue weighted by Crippen LogP contribution is -2.29. The van der Waals surface area contributed by atoms with E-state index < -0.39 is 0 Å². The summed E-state index contributed by atoms with van der Waals surface area (Å²) in [6.45, 7) is 8.31. The van der Waals surface area contributed by atoms with E-state index in [-0.39, 0.29) is 5.41 Å². The molecule has 0 aromatic rings. The van der Waals surface area contributed by atoms with Gasteiger partial charge in [-0.05, 0) is 7.05 Å². The van der Waals surface area contributed by atoms with Gasteiger partial charge in [-0.15, -0.1) is 0 Å². The molecule has 0 unspecified atom stereocenters. The Morgan fingerprint density at radius 3 is 2.29 bits per heavy atom. The van der Waals surface area contributed by atoms with Crippen molar-refractivity contribution in [3.63, 3.8) is 0 Å². The van der Waals surface area contributed by atoms with Crippen LogP contribution in [0.25, 0.3) is 0 Å². The van der Waals surface area contributed by atoms with E-state index in [1.165, 1.54) is 0 Å². The zero-order valence-electron chi connectivity index (χ0n) is 10.1. The van der Waals surface area contributed by atoms with Gasteiger partial charge in [0.15, 0.2) is 0 Å². The van der Waals surface area contributed by atoms with Gasteiger partial charge in [-0.1, -0.05) is 20.8 Å². The van der Waals surface area contributed by atoms with Crippen LogP contribution >= 0.6 is 0 Å². The monoisotopic (exact) mass is 201 g/mol. The van der Waals surface area contributed by atoms with Crippen molar-refractivity contribution in [3.8, 4) is 0 Å². The van der Waals surface area contributed by atoms with Gasteiger partial charge in [-0.25, -0.2) is 0 Å². The molecule has 0 heterocycles. The van der Waals surface area contributed by atoms with E-state index in [0.29, 0.717) is 12.2 Å². The minimum Gasteiger partial charge on any atom is -0.383 e. The second-order valence-electron chi connectivity index (χ2n) is 4.72. The first-order valence-corrected chi connectivity index (χ1v) is 5.08. The van der Waals surface area contributed by atoms with Crippen LogP contribution in [0.2, 0.25) is 0 Å². The first kappa shape index (κ1) is 13.6. The van der Waals surface area contributed by atoms with E-state index in [1.54, 1.807) is 7.11 Å². The first-order chi connectivity index (χ1) is 6.38. The molecule has 3 heteroatoms. The standard InChI is InChI=1S/C11H23NO2/c1-11(2,3)10(13)6-7-12(4)8-9-14-5/h6-9H2,1-5H3. The molecule has 0 saturated heterocycles. The van der Waals surface area contributed by atoms with Gasteiger partial charge in [0.05, 0.1) is 6.61 Å². The van der Waals surface area contributed by atoms with Crippen LogP contribution in [-0.2, 0) is 9.53 Å². The predicted molar refractivity (Wildman–Crippen MR) is 58.5 cm³/mol. The van der Waals surface area contributed by atoms with Gasteiger partial charge in [0, 0.05) is 32.0 Å².